The van der Waals surface area contributed by atoms with Gasteiger partial charge in [-0.2, -0.15) is 0 Å². The third-order valence-electron chi connectivity index (χ3n) is 3.72. The maximum atomic E-state index is 12.1. The summed E-state index contributed by atoms with van der Waals surface area (Å²) in [6, 6.07) is 0. The second kappa shape index (κ2) is 4.16. The van der Waals surface area contributed by atoms with E-state index in [1.807, 2.05) is 12.2 Å². The van der Waals surface area contributed by atoms with Gasteiger partial charge in [0.25, 0.3) is 0 Å². The summed E-state index contributed by atoms with van der Waals surface area (Å²) < 4.78 is 5.23. The number of rotatable bonds is 3. The molecule has 1 N–H and O–H groups in total. The standard InChI is InChI=1S/C14H16O4/c1-4-14(2,3)18-13(17)11-9-6-5-8(7-9)10(11)12(15)16/h1,5-6,8-11H,7H2,2-3H3,(H,15,16)/t8-,9-,10-,11-/m0/s1. The van der Waals surface area contributed by atoms with Gasteiger partial charge in [0, 0.05) is 0 Å². The van der Waals surface area contributed by atoms with Crippen molar-refractivity contribution in [2.75, 3.05) is 0 Å². The van der Waals surface area contributed by atoms with Crippen molar-refractivity contribution in [3.63, 3.8) is 0 Å². The summed E-state index contributed by atoms with van der Waals surface area (Å²) >= 11 is 0. The molecule has 0 amide bonds. The number of ether oxygens (including phenoxy) is 1. The van der Waals surface area contributed by atoms with E-state index in [0.717, 1.165) is 0 Å². The highest BCUT2D eigenvalue weighted by molar-refractivity contribution is 5.83. The van der Waals surface area contributed by atoms with Gasteiger partial charge in [0.2, 0.25) is 0 Å². The number of carbonyl (C=O) groups is 2. The zero-order valence-electron chi connectivity index (χ0n) is 10.4. The molecule has 0 spiro atoms. The van der Waals surface area contributed by atoms with Crippen molar-refractivity contribution in [2.24, 2.45) is 23.7 Å². The predicted octanol–water partition coefficient (Wildman–Crippen LogP) is 1.46. The lowest BCUT2D eigenvalue weighted by Gasteiger charge is -2.27. The number of fused-ring (bicyclic) bond motifs is 2. The first-order valence-corrected chi connectivity index (χ1v) is 5.97. The van der Waals surface area contributed by atoms with Gasteiger partial charge in [0.1, 0.15) is 0 Å². The van der Waals surface area contributed by atoms with E-state index in [1.165, 1.54) is 0 Å². The molecule has 4 heteroatoms. The van der Waals surface area contributed by atoms with Crippen LogP contribution in [-0.2, 0) is 14.3 Å². The Morgan fingerprint density at radius 2 is 1.89 bits per heavy atom. The second-order valence-electron chi connectivity index (χ2n) is 5.41. The lowest BCUT2D eigenvalue weighted by Crippen LogP contribution is -2.38. The van der Waals surface area contributed by atoms with Gasteiger partial charge in [-0.05, 0) is 32.1 Å². The Balaban J connectivity index is 2.18. The summed E-state index contributed by atoms with van der Waals surface area (Å²) in [4.78, 5) is 23.4. The molecular weight excluding hydrogens is 232 g/mol. The fourth-order valence-corrected chi connectivity index (χ4v) is 2.83. The van der Waals surface area contributed by atoms with Crippen LogP contribution in [0.2, 0.25) is 0 Å². The number of hydrogen-bond acceptors (Lipinski definition) is 3. The molecule has 2 bridgehead atoms. The Hall–Kier alpha value is -1.76. The van der Waals surface area contributed by atoms with Crippen LogP contribution in [0.4, 0.5) is 0 Å². The fourth-order valence-electron chi connectivity index (χ4n) is 2.83. The third-order valence-corrected chi connectivity index (χ3v) is 3.72. The van der Waals surface area contributed by atoms with Crippen LogP contribution in [0.3, 0.4) is 0 Å². The van der Waals surface area contributed by atoms with Gasteiger partial charge in [-0.15, -0.1) is 6.42 Å². The molecule has 0 aromatic rings. The van der Waals surface area contributed by atoms with Gasteiger partial charge in [-0.25, -0.2) is 0 Å². The number of hydrogen-bond donors (Lipinski definition) is 1. The first-order chi connectivity index (χ1) is 8.35. The number of carbonyl (C=O) groups excluding carboxylic acids is 1. The molecule has 2 aliphatic rings. The SMILES string of the molecule is C#CC(C)(C)OC(=O)[C@@H]1[C@@H](C(=O)O)[C@H]2C=C[C@H]1C2. The molecule has 0 unspecified atom stereocenters. The number of carboxylic acid groups (broad SMARTS) is 1. The topological polar surface area (TPSA) is 63.6 Å². The van der Waals surface area contributed by atoms with Gasteiger partial charge in [-0.3, -0.25) is 9.59 Å². The minimum Gasteiger partial charge on any atom is -0.481 e. The Morgan fingerprint density at radius 1 is 1.33 bits per heavy atom. The number of esters is 1. The molecule has 4 atom stereocenters. The number of terminal acetylenes is 1. The van der Waals surface area contributed by atoms with E-state index >= 15 is 0 Å². The minimum atomic E-state index is -0.994. The maximum absolute atomic E-state index is 12.1. The number of aliphatic carboxylic acids is 1. The van der Waals surface area contributed by atoms with Crippen LogP contribution in [0.25, 0.3) is 0 Å². The van der Waals surface area contributed by atoms with Crippen molar-refractivity contribution in [2.45, 2.75) is 25.9 Å². The number of allylic oxidation sites excluding steroid dienone is 2. The van der Waals surface area contributed by atoms with E-state index < -0.39 is 29.4 Å². The van der Waals surface area contributed by atoms with E-state index in [-0.39, 0.29) is 11.8 Å². The third kappa shape index (κ3) is 2.01. The molecule has 2 rings (SSSR count). The molecule has 0 saturated heterocycles. The van der Waals surface area contributed by atoms with Crippen molar-refractivity contribution in [1.82, 2.24) is 0 Å². The van der Waals surface area contributed by atoms with Gasteiger partial charge in [0.15, 0.2) is 5.60 Å². The molecule has 18 heavy (non-hydrogen) atoms. The lowest BCUT2D eigenvalue weighted by atomic mass is 9.83. The van der Waals surface area contributed by atoms with Crippen LogP contribution in [0.5, 0.6) is 0 Å². The van der Waals surface area contributed by atoms with Crippen LogP contribution in [-0.4, -0.2) is 22.6 Å². The quantitative estimate of drug-likeness (QED) is 0.466. The molecule has 0 aromatic heterocycles. The summed E-state index contributed by atoms with van der Waals surface area (Å²) in [5.41, 5.74) is -0.994. The van der Waals surface area contributed by atoms with Crippen LogP contribution in [0, 0.1) is 36.0 Å². The van der Waals surface area contributed by atoms with Crippen molar-refractivity contribution < 1.29 is 19.4 Å². The summed E-state index contributed by atoms with van der Waals surface area (Å²) in [5, 5.41) is 9.23. The van der Waals surface area contributed by atoms with Gasteiger partial charge >= 0.3 is 11.9 Å². The van der Waals surface area contributed by atoms with Crippen LogP contribution < -0.4 is 0 Å². The van der Waals surface area contributed by atoms with Crippen LogP contribution in [0.1, 0.15) is 20.3 Å². The predicted molar refractivity (Wildman–Crippen MR) is 64.4 cm³/mol. The molecule has 1 fully saturated rings. The molecule has 4 nitrogen and oxygen atoms in total. The monoisotopic (exact) mass is 248 g/mol. The normalized spacial score (nSPS) is 33.2. The second-order valence-corrected chi connectivity index (χ2v) is 5.41. The summed E-state index contributed by atoms with van der Waals surface area (Å²) in [6.45, 7) is 3.23. The van der Waals surface area contributed by atoms with E-state index in [0.29, 0.717) is 6.42 Å². The highest BCUT2D eigenvalue weighted by Crippen LogP contribution is 2.48. The van der Waals surface area contributed by atoms with E-state index in [2.05, 4.69) is 5.92 Å². The lowest BCUT2D eigenvalue weighted by molar-refractivity contribution is -0.164. The average Bonchev–Trinajstić information content (AvgIpc) is 2.87. The van der Waals surface area contributed by atoms with Crippen LogP contribution >= 0.6 is 0 Å². The molecule has 0 aromatic carbocycles. The zero-order valence-corrected chi connectivity index (χ0v) is 10.4. The summed E-state index contributed by atoms with van der Waals surface area (Å²) in [5.74, 6) is -0.433. The van der Waals surface area contributed by atoms with Gasteiger partial charge in [0.05, 0.1) is 11.8 Å². The smallest absolute Gasteiger partial charge is 0.311 e. The van der Waals surface area contributed by atoms with Crippen molar-refractivity contribution >= 4 is 11.9 Å². The molecule has 96 valence electrons. The minimum absolute atomic E-state index is 0.0304. The molecule has 1 saturated carbocycles. The van der Waals surface area contributed by atoms with Gasteiger partial charge in [-0.1, -0.05) is 18.1 Å². The summed E-state index contributed by atoms with van der Waals surface area (Å²) in [6.07, 6.45) is 9.79. The molecule has 0 radical (unpaired) electrons. The van der Waals surface area contributed by atoms with Crippen LogP contribution in [0.15, 0.2) is 12.2 Å². The molecular formula is C14H16O4. The Labute approximate surface area is 106 Å². The van der Waals surface area contributed by atoms with E-state index in [9.17, 15) is 14.7 Å². The maximum Gasteiger partial charge on any atom is 0.311 e. The fraction of sp³-hybridized carbons (Fsp3) is 0.571. The number of carboxylic acids is 1. The van der Waals surface area contributed by atoms with Crippen molar-refractivity contribution in [1.29, 1.82) is 0 Å². The first-order valence-electron chi connectivity index (χ1n) is 5.97. The van der Waals surface area contributed by atoms with E-state index in [1.54, 1.807) is 13.8 Å². The Bertz CT molecular complexity index is 455. The zero-order chi connectivity index (χ0) is 13.5. The van der Waals surface area contributed by atoms with Crippen molar-refractivity contribution in [3.05, 3.63) is 12.2 Å². The molecule has 0 aliphatic heterocycles. The van der Waals surface area contributed by atoms with Gasteiger partial charge < -0.3 is 9.84 Å². The highest BCUT2D eigenvalue weighted by Gasteiger charge is 2.53. The molecule has 2 aliphatic carbocycles. The highest BCUT2D eigenvalue weighted by atomic mass is 16.6. The molecule has 0 heterocycles. The van der Waals surface area contributed by atoms with Crippen molar-refractivity contribution in [3.8, 4) is 12.3 Å². The first kappa shape index (κ1) is 12.7. The van der Waals surface area contributed by atoms with E-state index in [4.69, 9.17) is 11.2 Å². The Kier molecular flexibility index (Phi) is 2.94. The largest absolute Gasteiger partial charge is 0.481 e. The summed E-state index contributed by atoms with van der Waals surface area (Å²) in [7, 11) is 0. The average molecular weight is 248 g/mol. The Morgan fingerprint density at radius 3 is 2.39 bits per heavy atom.